The quantitative estimate of drug-likeness (QED) is 0.701. The predicted octanol–water partition coefficient (Wildman–Crippen LogP) is 3.59. The van der Waals surface area contributed by atoms with E-state index in [4.69, 9.17) is 11.6 Å². The summed E-state index contributed by atoms with van der Waals surface area (Å²) in [7, 11) is 0. The molecule has 0 bridgehead atoms. The van der Waals surface area contributed by atoms with Crippen LogP contribution in [0.3, 0.4) is 0 Å². The molecular formula is C14H10ClN3. The van der Waals surface area contributed by atoms with E-state index in [0.717, 1.165) is 16.9 Å². The lowest BCUT2D eigenvalue weighted by molar-refractivity contribution is 0.754. The normalized spacial score (nSPS) is 10.5. The van der Waals surface area contributed by atoms with Crippen LogP contribution in [-0.2, 0) is 0 Å². The van der Waals surface area contributed by atoms with Crippen LogP contribution >= 0.6 is 11.6 Å². The lowest BCUT2D eigenvalue weighted by Crippen LogP contribution is -1.97. The highest BCUT2D eigenvalue weighted by atomic mass is 35.5. The van der Waals surface area contributed by atoms with Crippen LogP contribution in [0, 0.1) is 0 Å². The number of aromatic nitrogens is 3. The third kappa shape index (κ3) is 2.13. The van der Waals surface area contributed by atoms with Gasteiger partial charge in [0.15, 0.2) is 0 Å². The van der Waals surface area contributed by atoms with Gasteiger partial charge in [0, 0.05) is 10.6 Å². The van der Waals surface area contributed by atoms with E-state index < -0.39 is 0 Å². The molecule has 0 amide bonds. The van der Waals surface area contributed by atoms with Crippen LogP contribution in [0.15, 0.2) is 60.8 Å². The van der Waals surface area contributed by atoms with Gasteiger partial charge in [-0.25, -0.2) is 0 Å². The van der Waals surface area contributed by atoms with Gasteiger partial charge in [0.25, 0.3) is 0 Å². The van der Waals surface area contributed by atoms with Crippen LogP contribution in [-0.4, -0.2) is 15.0 Å². The van der Waals surface area contributed by atoms with Gasteiger partial charge in [-0.1, -0.05) is 41.9 Å². The van der Waals surface area contributed by atoms with Gasteiger partial charge in [-0.2, -0.15) is 9.90 Å². The van der Waals surface area contributed by atoms with Crippen LogP contribution in [0.25, 0.3) is 16.9 Å². The Balaban J connectivity index is 1.97. The summed E-state index contributed by atoms with van der Waals surface area (Å²) in [6.45, 7) is 0. The molecular weight excluding hydrogens is 246 g/mol. The average Bonchev–Trinajstić information content (AvgIpc) is 2.90. The Morgan fingerprint density at radius 2 is 1.61 bits per heavy atom. The van der Waals surface area contributed by atoms with Gasteiger partial charge in [0.2, 0.25) is 0 Å². The summed E-state index contributed by atoms with van der Waals surface area (Å²) in [6.07, 6.45) is 1.75. The first kappa shape index (κ1) is 11.0. The van der Waals surface area contributed by atoms with E-state index in [1.165, 1.54) is 0 Å². The monoisotopic (exact) mass is 255 g/mol. The van der Waals surface area contributed by atoms with Crippen molar-refractivity contribution in [1.29, 1.82) is 0 Å². The van der Waals surface area contributed by atoms with E-state index >= 15 is 0 Å². The van der Waals surface area contributed by atoms with Crippen LogP contribution in [0.1, 0.15) is 0 Å². The second-order valence-corrected chi connectivity index (χ2v) is 4.30. The van der Waals surface area contributed by atoms with Gasteiger partial charge in [0.1, 0.15) is 5.69 Å². The van der Waals surface area contributed by atoms with Crippen LogP contribution in [0.4, 0.5) is 0 Å². The molecule has 3 rings (SSSR count). The van der Waals surface area contributed by atoms with Crippen LogP contribution < -0.4 is 0 Å². The molecule has 0 spiro atoms. The lowest BCUT2D eigenvalue weighted by atomic mass is 10.2. The predicted molar refractivity (Wildman–Crippen MR) is 71.8 cm³/mol. The lowest BCUT2D eigenvalue weighted by Gasteiger charge is -1.99. The molecule has 0 fully saturated rings. The van der Waals surface area contributed by atoms with Crippen molar-refractivity contribution in [2.24, 2.45) is 0 Å². The van der Waals surface area contributed by atoms with Crippen molar-refractivity contribution in [2.75, 3.05) is 0 Å². The summed E-state index contributed by atoms with van der Waals surface area (Å²) >= 11 is 5.85. The molecule has 0 aliphatic heterocycles. The van der Waals surface area contributed by atoms with E-state index in [1.807, 2.05) is 54.6 Å². The maximum Gasteiger partial charge on any atom is 0.113 e. The third-order valence-electron chi connectivity index (χ3n) is 2.62. The Bertz CT molecular complexity index is 644. The van der Waals surface area contributed by atoms with Crippen molar-refractivity contribution < 1.29 is 0 Å². The van der Waals surface area contributed by atoms with Crippen molar-refractivity contribution in [3.63, 3.8) is 0 Å². The molecule has 0 N–H and O–H groups in total. The summed E-state index contributed by atoms with van der Waals surface area (Å²) in [4.78, 5) is 1.60. The highest BCUT2D eigenvalue weighted by Crippen LogP contribution is 2.17. The summed E-state index contributed by atoms with van der Waals surface area (Å²) in [5.41, 5.74) is 2.80. The summed E-state index contributed by atoms with van der Waals surface area (Å²) in [5.74, 6) is 0. The Labute approximate surface area is 110 Å². The zero-order valence-electron chi connectivity index (χ0n) is 9.49. The molecule has 3 nitrogen and oxygen atoms in total. The fraction of sp³-hybridized carbons (Fsp3) is 0. The van der Waals surface area contributed by atoms with Crippen LogP contribution in [0.2, 0.25) is 5.02 Å². The first-order valence-corrected chi connectivity index (χ1v) is 5.94. The molecule has 0 aliphatic rings. The molecule has 0 aliphatic carbocycles. The van der Waals surface area contributed by atoms with E-state index in [9.17, 15) is 0 Å². The molecule has 1 heterocycles. The number of hydrogen-bond acceptors (Lipinski definition) is 2. The molecule has 0 unspecified atom stereocenters. The Morgan fingerprint density at radius 1 is 0.889 bits per heavy atom. The number of halogens is 1. The average molecular weight is 256 g/mol. The maximum absolute atomic E-state index is 5.85. The molecule has 3 aromatic rings. The standard InChI is InChI=1S/C14H10ClN3/c15-12-6-8-13(9-7-12)18-16-10-14(17-18)11-4-2-1-3-5-11/h1-10H. The van der Waals surface area contributed by atoms with E-state index in [1.54, 1.807) is 11.0 Å². The number of hydrogen-bond donors (Lipinski definition) is 0. The molecule has 1 aromatic heterocycles. The highest BCUT2D eigenvalue weighted by molar-refractivity contribution is 6.30. The van der Waals surface area contributed by atoms with E-state index in [2.05, 4.69) is 10.2 Å². The van der Waals surface area contributed by atoms with E-state index in [0.29, 0.717) is 5.02 Å². The molecule has 0 saturated heterocycles. The highest BCUT2D eigenvalue weighted by Gasteiger charge is 2.04. The van der Waals surface area contributed by atoms with Gasteiger partial charge in [-0.3, -0.25) is 0 Å². The summed E-state index contributed by atoms with van der Waals surface area (Å²) in [6, 6.07) is 17.4. The molecule has 88 valence electrons. The van der Waals surface area contributed by atoms with Crippen molar-refractivity contribution >= 4 is 11.6 Å². The minimum absolute atomic E-state index is 0.703. The molecule has 0 radical (unpaired) electrons. The van der Waals surface area contributed by atoms with Crippen molar-refractivity contribution in [3.05, 3.63) is 65.8 Å². The second-order valence-electron chi connectivity index (χ2n) is 3.86. The van der Waals surface area contributed by atoms with Gasteiger partial charge >= 0.3 is 0 Å². The van der Waals surface area contributed by atoms with Crippen molar-refractivity contribution in [1.82, 2.24) is 15.0 Å². The molecule has 18 heavy (non-hydrogen) atoms. The minimum Gasteiger partial charge on any atom is -0.156 e. The van der Waals surface area contributed by atoms with Gasteiger partial charge in [-0.05, 0) is 24.3 Å². The zero-order valence-corrected chi connectivity index (χ0v) is 10.2. The molecule has 0 atom stereocenters. The zero-order chi connectivity index (χ0) is 12.4. The fourth-order valence-electron chi connectivity index (χ4n) is 1.70. The number of nitrogens with zero attached hydrogens (tertiary/aromatic N) is 3. The Morgan fingerprint density at radius 3 is 2.33 bits per heavy atom. The largest absolute Gasteiger partial charge is 0.156 e. The minimum atomic E-state index is 0.703. The third-order valence-corrected chi connectivity index (χ3v) is 2.87. The SMILES string of the molecule is Clc1ccc(-n2ncc(-c3ccccc3)n2)cc1. The topological polar surface area (TPSA) is 30.7 Å². The first-order chi connectivity index (χ1) is 8.83. The Hall–Kier alpha value is -2.13. The summed E-state index contributed by atoms with van der Waals surface area (Å²) < 4.78 is 0. The van der Waals surface area contributed by atoms with Gasteiger partial charge < -0.3 is 0 Å². The van der Waals surface area contributed by atoms with Crippen molar-refractivity contribution in [2.45, 2.75) is 0 Å². The fourth-order valence-corrected chi connectivity index (χ4v) is 1.83. The number of rotatable bonds is 2. The Kier molecular flexibility index (Phi) is 2.82. The van der Waals surface area contributed by atoms with Crippen LogP contribution in [0.5, 0.6) is 0 Å². The molecule has 0 saturated carbocycles. The molecule has 4 heteroatoms. The maximum atomic E-state index is 5.85. The van der Waals surface area contributed by atoms with Gasteiger partial charge in [0.05, 0.1) is 11.9 Å². The first-order valence-electron chi connectivity index (χ1n) is 5.57. The van der Waals surface area contributed by atoms with Gasteiger partial charge in [-0.15, -0.1) is 5.10 Å². The molecule has 2 aromatic carbocycles. The smallest absolute Gasteiger partial charge is 0.113 e. The second kappa shape index (κ2) is 4.63. The van der Waals surface area contributed by atoms with Crippen molar-refractivity contribution in [3.8, 4) is 16.9 Å². The number of benzene rings is 2. The summed E-state index contributed by atoms with van der Waals surface area (Å²) in [5, 5.41) is 9.40. The van der Waals surface area contributed by atoms with E-state index in [-0.39, 0.29) is 0 Å².